The average molecular weight is 214 g/mol. The van der Waals surface area contributed by atoms with Crippen LogP contribution < -0.4 is 0 Å². The molecule has 0 radical (unpaired) electrons. The van der Waals surface area contributed by atoms with Crippen molar-refractivity contribution < 1.29 is 28.7 Å². The van der Waals surface area contributed by atoms with Crippen LogP contribution in [-0.2, 0) is 14.0 Å². The zero-order valence-corrected chi connectivity index (χ0v) is 8.53. The van der Waals surface area contributed by atoms with Crippen molar-refractivity contribution in [1.29, 1.82) is 0 Å². The molecule has 1 saturated heterocycles. The van der Waals surface area contributed by atoms with Gasteiger partial charge in [-0.05, 0) is 0 Å². The fourth-order valence-electron chi connectivity index (χ4n) is 0.737. The van der Waals surface area contributed by atoms with Crippen molar-refractivity contribution in [3.63, 3.8) is 0 Å². The number of phosphoric acid groups is 1. The summed E-state index contributed by atoms with van der Waals surface area (Å²) in [5.41, 5.74) is 0.234. The molecule has 0 saturated carbocycles. The lowest BCUT2D eigenvalue weighted by Gasteiger charge is -2.28. The van der Waals surface area contributed by atoms with Gasteiger partial charge in [-0.3, -0.25) is 0 Å². The molecule has 0 bridgehead atoms. The molecule has 7 heteroatoms. The Balaban J connectivity index is 0.000000252. The summed E-state index contributed by atoms with van der Waals surface area (Å²) in [6.45, 7) is 6.39. The van der Waals surface area contributed by atoms with Crippen molar-refractivity contribution in [1.82, 2.24) is 0 Å². The van der Waals surface area contributed by atoms with E-state index < -0.39 is 7.82 Å². The highest BCUT2D eigenvalue weighted by Crippen LogP contribution is 2.25. The first-order valence-electron chi connectivity index (χ1n) is 3.64. The number of rotatable bonds is 0. The first-order chi connectivity index (χ1) is 5.71. The van der Waals surface area contributed by atoms with Crippen LogP contribution in [-0.4, -0.2) is 34.7 Å². The van der Waals surface area contributed by atoms with Crippen LogP contribution in [0.3, 0.4) is 0 Å². The molecule has 13 heavy (non-hydrogen) atoms. The lowest BCUT2D eigenvalue weighted by molar-refractivity contribution is -0.153. The molecule has 0 aromatic carbocycles. The molecule has 0 aromatic heterocycles. The summed E-state index contributed by atoms with van der Waals surface area (Å²) in [5, 5.41) is 0. The van der Waals surface area contributed by atoms with E-state index in [1.54, 1.807) is 0 Å². The summed E-state index contributed by atoms with van der Waals surface area (Å²) in [6.07, 6.45) is 0. The molecule has 1 aliphatic rings. The third-order valence-electron chi connectivity index (χ3n) is 1.15. The van der Waals surface area contributed by atoms with Gasteiger partial charge in [-0.2, -0.15) is 0 Å². The minimum Gasteiger partial charge on any atom is -0.355 e. The second-order valence-electron chi connectivity index (χ2n) is 3.49. The molecule has 3 N–H and O–H groups in total. The maximum atomic E-state index is 8.88. The van der Waals surface area contributed by atoms with Gasteiger partial charge in [0.05, 0.1) is 13.2 Å². The van der Waals surface area contributed by atoms with Crippen LogP contribution in [0.2, 0.25) is 0 Å². The zero-order valence-electron chi connectivity index (χ0n) is 7.63. The molecule has 0 aliphatic carbocycles. The van der Waals surface area contributed by atoms with Gasteiger partial charge in [0.1, 0.15) is 6.79 Å². The molecule has 0 atom stereocenters. The summed E-state index contributed by atoms with van der Waals surface area (Å²) in [7, 11) is -4.64. The van der Waals surface area contributed by atoms with E-state index in [0.29, 0.717) is 6.79 Å². The highest BCUT2D eigenvalue weighted by molar-refractivity contribution is 7.45. The normalized spacial score (nSPS) is 21.6. The van der Waals surface area contributed by atoms with Crippen LogP contribution in [0.4, 0.5) is 0 Å². The fraction of sp³-hybridized carbons (Fsp3) is 1.00. The maximum absolute atomic E-state index is 8.88. The standard InChI is InChI=1S/C6H12O2.H3O4P/c1-6(2)3-7-5-8-4-6;1-5(2,3)4/h3-5H2,1-2H3;(H3,1,2,3,4). The molecule has 1 rings (SSSR count). The molecular formula is C6H15O6P. The highest BCUT2D eigenvalue weighted by Gasteiger charge is 2.21. The number of hydrogen-bond acceptors (Lipinski definition) is 3. The van der Waals surface area contributed by atoms with Gasteiger partial charge in [-0.15, -0.1) is 0 Å². The Bertz CT molecular complexity index is 169. The molecule has 80 valence electrons. The molecule has 0 aromatic rings. The van der Waals surface area contributed by atoms with Gasteiger partial charge in [0.2, 0.25) is 0 Å². The largest absolute Gasteiger partial charge is 0.466 e. The zero-order chi connectivity index (χ0) is 10.5. The van der Waals surface area contributed by atoms with Gasteiger partial charge in [-0.25, -0.2) is 4.57 Å². The molecule has 0 spiro atoms. The third kappa shape index (κ3) is 12.0. The van der Waals surface area contributed by atoms with E-state index in [-0.39, 0.29) is 5.41 Å². The summed E-state index contributed by atoms with van der Waals surface area (Å²) >= 11 is 0. The summed E-state index contributed by atoms with van der Waals surface area (Å²) < 4.78 is 19.0. The quantitative estimate of drug-likeness (QED) is 0.494. The van der Waals surface area contributed by atoms with Gasteiger partial charge in [0.15, 0.2) is 0 Å². The number of ether oxygens (including phenoxy) is 2. The predicted molar refractivity (Wildman–Crippen MR) is 44.8 cm³/mol. The van der Waals surface area contributed by atoms with Crippen LogP contribution in [0.25, 0.3) is 0 Å². The Hall–Kier alpha value is 0.0300. The topological polar surface area (TPSA) is 96.2 Å². The number of hydrogen-bond donors (Lipinski definition) is 3. The Kier molecular flexibility index (Phi) is 5.06. The van der Waals surface area contributed by atoms with E-state index in [4.69, 9.17) is 28.7 Å². The van der Waals surface area contributed by atoms with E-state index in [9.17, 15) is 0 Å². The van der Waals surface area contributed by atoms with Crippen molar-refractivity contribution in [3.05, 3.63) is 0 Å². The summed E-state index contributed by atoms with van der Waals surface area (Å²) in [5.74, 6) is 0. The Labute approximate surface area is 76.7 Å². The van der Waals surface area contributed by atoms with Gasteiger partial charge >= 0.3 is 7.82 Å². The Morgan fingerprint density at radius 3 is 1.62 bits per heavy atom. The molecule has 1 fully saturated rings. The fourth-order valence-corrected chi connectivity index (χ4v) is 0.737. The average Bonchev–Trinajstić information content (AvgIpc) is 1.82. The molecule has 0 amide bonds. The monoisotopic (exact) mass is 214 g/mol. The summed E-state index contributed by atoms with van der Waals surface area (Å²) in [4.78, 5) is 21.6. The van der Waals surface area contributed by atoms with Gasteiger partial charge in [-0.1, -0.05) is 13.8 Å². The molecule has 0 unspecified atom stereocenters. The van der Waals surface area contributed by atoms with Crippen molar-refractivity contribution in [2.45, 2.75) is 13.8 Å². The second-order valence-corrected chi connectivity index (χ2v) is 4.52. The molecule has 1 heterocycles. The van der Waals surface area contributed by atoms with Crippen LogP contribution in [0.15, 0.2) is 0 Å². The van der Waals surface area contributed by atoms with E-state index in [0.717, 1.165) is 13.2 Å². The first-order valence-corrected chi connectivity index (χ1v) is 5.21. The second kappa shape index (κ2) is 5.05. The smallest absolute Gasteiger partial charge is 0.355 e. The first kappa shape index (κ1) is 13.0. The Morgan fingerprint density at radius 1 is 1.15 bits per heavy atom. The highest BCUT2D eigenvalue weighted by atomic mass is 31.2. The van der Waals surface area contributed by atoms with Crippen molar-refractivity contribution >= 4 is 7.82 Å². The summed E-state index contributed by atoms with van der Waals surface area (Å²) in [6, 6.07) is 0. The van der Waals surface area contributed by atoms with E-state index in [1.807, 2.05) is 0 Å². The van der Waals surface area contributed by atoms with Gasteiger partial charge < -0.3 is 24.2 Å². The van der Waals surface area contributed by atoms with Crippen LogP contribution >= 0.6 is 7.82 Å². The van der Waals surface area contributed by atoms with Crippen LogP contribution in [0.5, 0.6) is 0 Å². The lowest BCUT2D eigenvalue weighted by atomic mass is 9.96. The Morgan fingerprint density at radius 2 is 1.46 bits per heavy atom. The van der Waals surface area contributed by atoms with Crippen molar-refractivity contribution in [2.75, 3.05) is 20.0 Å². The van der Waals surface area contributed by atoms with Crippen LogP contribution in [0, 0.1) is 5.41 Å². The SMILES string of the molecule is CC1(C)COCOC1.O=P(O)(O)O. The maximum Gasteiger partial charge on any atom is 0.466 e. The van der Waals surface area contributed by atoms with E-state index >= 15 is 0 Å². The molecule has 1 aliphatic heterocycles. The van der Waals surface area contributed by atoms with E-state index in [2.05, 4.69) is 13.8 Å². The third-order valence-corrected chi connectivity index (χ3v) is 1.15. The lowest BCUT2D eigenvalue weighted by Crippen LogP contribution is -2.31. The minimum absolute atomic E-state index is 0.234. The minimum atomic E-state index is -4.64. The predicted octanol–water partition coefficient (Wildman–Crippen LogP) is 0.0883. The molecule has 6 nitrogen and oxygen atoms in total. The van der Waals surface area contributed by atoms with Gasteiger partial charge in [0, 0.05) is 5.41 Å². The van der Waals surface area contributed by atoms with Crippen LogP contribution in [0.1, 0.15) is 13.8 Å². The van der Waals surface area contributed by atoms with Crippen molar-refractivity contribution in [2.24, 2.45) is 5.41 Å². The van der Waals surface area contributed by atoms with Gasteiger partial charge in [0.25, 0.3) is 0 Å². The molecular weight excluding hydrogens is 199 g/mol. The van der Waals surface area contributed by atoms with Crippen molar-refractivity contribution in [3.8, 4) is 0 Å². The van der Waals surface area contributed by atoms with E-state index in [1.165, 1.54) is 0 Å².